The molecule has 1 N–H and O–H groups in total. The Hall–Kier alpha value is -2.00. The summed E-state index contributed by atoms with van der Waals surface area (Å²) >= 11 is 0. The third-order valence-electron chi connectivity index (χ3n) is 4.53. The lowest BCUT2D eigenvalue weighted by atomic mass is 10.0. The molecule has 3 rings (SSSR count). The van der Waals surface area contributed by atoms with Gasteiger partial charge in [0.2, 0.25) is 0 Å². The molecule has 148 valence electrons. The Bertz CT molecular complexity index is 882. The molecule has 0 radical (unpaired) electrons. The fourth-order valence-corrected chi connectivity index (χ4v) is 3.87. The van der Waals surface area contributed by atoms with Crippen LogP contribution in [0.4, 0.5) is 0 Å². The summed E-state index contributed by atoms with van der Waals surface area (Å²) in [4.78, 5) is 12.7. The van der Waals surface area contributed by atoms with Gasteiger partial charge in [-0.25, -0.2) is 0 Å². The molecule has 0 bridgehead atoms. The van der Waals surface area contributed by atoms with Crippen LogP contribution in [0.15, 0.2) is 34.1 Å². The number of pyridine rings is 1. The third kappa shape index (κ3) is 3.84. The van der Waals surface area contributed by atoms with Crippen molar-refractivity contribution in [2.45, 2.75) is 17.9 Å². The number of rotatable bonds is 5. The zero-order valence-electron chi connectivity index (χ0n) is 16.1. The lowest BCUT2D eigenvalue weighted by Crippen LogP contribution is -2.33. The molecule has 0 saturated carbocycles. The van der Waals surface area contributed by atoms with E-state index in [1.54, 1.807) is 39.6 Å². The molecular formula is C19H25NO6S. The largest absolute Gasteiger partial charge is 0.486 e. The van der Waals surface area contributed by atoms with Crippen molar-refractivity contribution >= 4 is 10.6 Å². The van der Waals surface area contributed by atoms with Gasteiger partial charge in [-0.15, -0.1) is 0 Å². The van der Waals surface area contributed by atoms with Gasteiger partial charge < -0.3 is 18.8 Å². The molecule has 0 fully saturated rings. The molecule has 2 heterocycles. The zero-order chi connectivity index (χ0) is 19.8. The second-order valence-electron chi connectivity index (χ2n) is 6.60. The molecule has 2 unspecified atom stereocenters. The number of fused-ring (bicyclic) bond motifs is 1. The van der Waals surface area contributed by atoms with Crippen molar-refractivity contribution in [2.75, 3.05) is 33.7 Å². The highest BCUT2D eigenvalue weighted by molar-refractivity contribution is 8.24. The monoisotopic (exact) mass is 395 g/mol. The molecule has 2 aromatic rings. The number of methoxy groups -OCH3 is 1. The Morgan fingerprint density at radius 1 is 1.33 bits per heavy atom. The van der Waals surface area contributed by atoms with Crippen LogP contribution in [0.2, 0.25) is 0 Å². The van der Waals surface area contributed by atoms with Gasteiger partial charge in [0.05, 0.1) is 18.6 Å². The van der Waals surface area contributed by atoms with E-state index < -0.39 is 10.6 Å². The third-order valence-corrected chi connectivity index (χ3v) is 6.28. The van der Waals surface area contributed by atoms with E-state index in [4.69, 9.17) is 18.4 Å². The first-order chi connectivity index (χ1) is 12.8. The fourth-order valence-electron chi connectivity index (χ4n) is 3.01. The normalized spacial score (nSPS) is 19.4. The summed E-state index contributed by atoms with van der Waals surface area (Å²) in [7, 11) is 2.34. The number of hydrogen-bond acceptors (Lipinski definition) is 6. The van der Waals surface area contributed by atoms with Crippen molar-refractivity contribution in [2.24, 2.45) is 7.05 Å². The molecular weight excluding hydrogens is 370 g/mol. The molecule has 0 amide bonds. The average molecular weight is 395 g/mol. The maximum atomic E-state index is 12.1. The Kier molecular flexibility index (Phi) is 5.53. The van der Waals surface area contributed by atoms with Gasteiger partial charge >= 0.3 is 0 Å². The summed E-state index contributed by atoms with van der Waals surface area (Å²) in [5.74, 6) is 1.10. The standard InChI is InChI=1S/C19H25NO6S/c1-12-6-13(9-20(2)19(12)21)16-7-15(27(5,22)24-4)8-17-18(16)26-14(10-23-3)11-25-17/h6-9,14,22H,10-11H2,1-5H3. The van der Waals surface area contributed by atoms with Crippen molar-refractivity contribution in [3.8, 4) is 22.6 Å². The van der Waals surface area contributed by atoms with Crippen LogP contribution in [0.3, 0.4) is 0 Å². The number of benzene rings is 1. The number of aryl methyl sites for hydroxylation is 2. The lowest BCUT2D eigenvalue weighted by Gasteiger charge is -2.35. The summed E-state index contributed by atoms with van der Waals surface area (Å²) in [6.07, 6.45) is 3.15. The number of ether oxygens (including phenoxy) is 3. The minimum atomic E-state index is -2.44. The Labute approximate surface area is 160 Å². The number of hydrogen-bond donors (Lipinski definition) is 1. The summed E-state index contributed by atoms with van der Waals surface area (Å²) < 4.78 is 34.7. The number of aromatic nitrogens is 1. The Balaban J connectivity index is 2.21. The first kappa shape index (κ1) is 19.8. The fraction of sp³-hybridized carbons (Fsp3) is 0.421. The van der Waals surface area contributed by atoms with E-state index in [-0.39, 0.29) is 11.7 Å². The highest BCUT2D eigenvalue weighted by Gasteiger charge is 2.28. The summed E-state index contributed by atoms with van der Waals surface area (Å²) in [6.45, 7) is 2.51. The molecule has 1 aliphatic heterocycles. The second kappa shape index (κ2) is 7.55. The van der Waals surface area contributed by atoms with Gasteiger partial charge in [-0.1, -0.05) is 0 Å². The molecule has 7 nitrogen and oxygen atoms in total. The van der Waals surface area contributed by atoms with Crippen LogP contribution in [-0.4, -0.2) is 48.9 Å². The molecule has 27 heavy (non-hydrogen) atoms. The van der Waals surface area contributed by atoms with Crippen molar-refractivity contribution < 1.29 is 22.9 Å². The predicted octanol–water partition coefficient (Wildman–Crippen LogP) is 2.97. The highest BCUT2D eigenvalue weighted by atomic mass is 32.3. The van der Waals surface area contributed by atoms with Gasteiger partial charge in [0.1, 0.15) is 6.61 Å². The van der Waals surface area contributed by atoms with Crippen molar-refractivity contribution in [1.29, 1.82) is 0 Å². The molecule has 1 aliphatic rings. The van der Waals surface area contributed by atoms with Gasteiger partial charge in [0, 0.05) is 49.4 Å². The maximum Gasteiger partial charge on any atom is 0.253 e. The van der Waals surface area contributed by atoms with Gasteiger partial charge in [-0.2, -0.15) is 10.6 Å². The Morgan fingerprint density at radius 2 is 2.07 bits per heavy atom. The zero-order valence-corrected chi connectivity index (χ0v) is 17.0. The van der Waals surface area contributed by atoms with Gasteiger partial charge in [-0.3, -0.25) is 13.5 Å². The van der Waals surface area contributed by atoms with Crippen molar-refractivity contribution in [3.05, 3.63) is 40.3 Å². The van der Waals surface area contributed by atoms with Crippen LogP contribution in [0.5, 0.6) is 11.5 Å². The smallest absolute Gasteiger partial charge is 0.253 e. The highest BCUT2D eigenvalue weighted by Crippen LogP contribution is 2.54. The molecule has 0 aliphatic carbocycles. The molecule has 8 heteroatoms. The first-order valence-corrected chi connectivity index (χ1v) is 10.4. The van der Waals surface area contributed by atoms with E-state index in [1.165, 1.54) is 11.7 Å². The number of nitrogens with zero attached hydrogens (tertiary/aromatic N) is 1. The molecule has 2 atom stereocenters. The molecule has 0 spiro atoms. The van der Waals surface area contributed by atoms with E-state index in [0.717, 1.165) is 11.1 Å². The van der Waals surface area contributed by atoms with Crippen LogP contribution >= 0.6 is 10.6 Å². The molecule has 1 aromatic carbocycles. The van der Waals surface area contributed by atoms with E-state index >= 15 is 0 Å². The van der Waals surface area contributed by atoms with Crippen LogP contribution in [0.1, 0.15) is 5.56 Å². The van der Waals surface area contributed by atoms with Crippen LogP contribution in [0, 0.1) is 6.92 Å². The quantitative estimate of drug-likeness (QED) is 0.839. The van der Waals surface area contributed by atoms with E-state index in [1.807, 2.05) is 12.1 Å². The predicted molar refractivity (Wildman–Crippen MR) is 105 cm³/mol. The maximum absolute atomic E-state index is 12.1. The first-order valence-electron chi connectivity index (χ1n) is 8.47. The molecule has 0 saturated heterocycles. The topological polar surface area (TPSA) is 79.2 Å². The SMILES string of the molecule is COCC1COc2cc(S(C)(O)OC)cc(-c3cc(C)c(=O)n(C)c3)c2O1. The van der Waals surface area contributed by atoms with Crippen molar-refractivity contribution in [1.82, 2.24) is 4.57 Å². The molecule has 1 aromatic heterocycles. The summed E-state index contributed by atoms with van der Waals surface area (Å²) in [6, 6.07) is 5.38. The van der Waals surface area contributed by atoms with Gasteiger partial charge in [0.15, 0.2) is 17.6 Å². The summed E-state index contributed by atoms with van der Waals surface area (Å²) in [5.41, 5.74) is 2.07. The minimum Gasteiger partial charge on any atom is -0.486 e. The van der Waals surface area contributed by atoms with Gasteiger partial charge in [-0.05, 0) is 19.1 Å². The average Bonchev–Trinajstić information content (AvgIpc) is 2.65. The van der Waals surface area contributed by atoms with E-state index in [9.17, 15) is 9.35 Å². The van der Waals surface area contributed by atoms with Crippen LogP contribution in [0.25, 0.3) is 11.1 Å². The van der Waals surface area contributed by atoms with Crippen LogP contribution in [-0.2, 0) is 16.0 Å². The Morgan fingerprint density at radius 3 is 2.70 bits per heavy atom. The van der Waals surface area contributed by atoms with Crippen molar-refractivity contribution in [3.63, 3.8) is 0 Å². The summed E-state index contributed by atoms with van der Waals surface area (Å²) in [5, 5.41) is 0. The van der Waals surface area contributed by atoms with Gasteiger partial charge in [0.25, 0.3) is 5.56 Å². The second-order valence-corrected chi connectivity index (χ2v) is 9.01. The van der Waals surface area contributed by atoms with Crippen LogP contribution < -0.4 is 15.0 Å². The van der Waals surface area contributed by atoms with E-state index in [2.05, 4.69) is 0 Å². The lowest BCUT2D eigenvalue weighted by molar-refractivity contribution is 0.0275. The minimum absolute atomic E-state index is 0.0623. The van der Waals surface area contributed by atoms with E-state index in [0.29, 0.717) is 35.2 Å².